The molecule has 1 fully saturated rings. The molecule has 1 saturated carbocycles. The summed E-state index contributed by atoms with van der Waals surface area (Å²) in [6.45, 7) is 3.67. The summed E-state index contributed by atoms with van der Waals surface area (Å²) in [5.74, 6) is 0.374. The second-order valence-electron chi connectivity index (χ2n) is 2.75. The van der Waals surface area contributed by atoms with E-state index in [-0.39, 0.29) is 6.10 Å². The van der Waals surface area contributed by atoms with Crippen LogP contribution in [0.15, 0.2) is 12.7 Å². The quantitative estimate of drug-likeness (QED) is 0.530. The smallest absolute Gasteiger partial charge is 0.0602 e. The molecule has 0 spiro atoms. The summed E-state index contributed by atoms with van der Waals surface area (Å²) in [5, 5.41) is 9.30. The van der Waals surface area contributed by atoms with Gasteiger partial charge in [0.15, 0.2) is 0 Å². The number of hydrogen-bond acceptors (Lipinski definition) is 1. The Morgan fingerprint density at radius 2 is 2.00 bits per heavy atom. The van der Waals surface area contributed by atoms with E-state index in [1.54, 1.807) is 0 Å². The van der Waals surface area contributed by atoms with Crippen molar-refractivity contribution in [2.45, 2.75) is 31.8 Å². The molecule has 1 nitrogen and oxygen atoms in total. The second-order valence-corrected chi connectivity index (χ2v) is 2.75. The fourth-order valence-corrected chi connectivity index (χ4v) is 1.41. The Bertz CT molecular complexity index is 98.7. The van der Waals surface area contributed by atoms with Gasteiger partial charge in [-0.1, -0.05) is 18.9 Å². The van der Waals surface area contributed by atoms with Gasteiger partial charge in [0.05, 0.1) is 6.10 Å². The van der Waals surface area contributed by atoms with E-state index >= 15 is 0 Å². The molecule has 52 valence electrons. The number of aliphatic hydroxyl groups excluding tert-OH is 1. The van der Waals surface area contributed by atoms with Crippen LogP contribution in [-0.4, -0.2) is 11.2 Å². The Balaban J connectivity index is 2.38. The first-order chi connectivity index (χ1) is 4.34. The van der Waals surface area contributed by atoms with Crippen LogP contribution in [0.1, 0.15) is 25.7 Å². The molecule has 1 rings (SSSR count). The maximum atomic E-state index is 9.30. The van der Waals surface area contributed by atoms with Crippen LogP contribution in [0.3, 0.4) is 0 Å². The zero-order valence-electron chi connectivity index (χ0n) is 5.71. The van der Waals surface area contributed by atoms with E-state index in [1.807, 2.05) is 6.08 Å². The minimum atomic E-state index is -0.101. The highest BCUT2D eigenvalue weighted by Crippen LogP contribution is 2.24. The molecule has 0 bridgehead atoms. The van der Waals surface area contributed by atoms with Gasteiger partial charge in [0.2, 0.25) is 0 Å². The second kappa shape index (κ2) is 3.02. The van der Waals surface area contributed by atoms with Crippen molar-refractivity contribution in [3.8, 4) is 0 Å². The monoisotopic (exact) mass is 126 g/mol. The van der Waals surface area contributed by atoms with Gasteiger partial charge in [0.25, 0.3) is 0 Å². The van der Waals surface area contributed by atoms with Crippen molar-refractivity contribution >= 4 is 0 Å². The van der Waals surface area contributed by atoms with Crippen molar-refractivity contribution in [1.82, 2.24) is 0 Å². The van der Waals surface area contributed by atoms with Crippen LogP contribution < -0.4 is 0 Å². The third kappa shape index (κ3) is 1.55. The normalized spacial score (nSPS) is 36.1. The van der Waals surface area contributed by atoms with E-state index in [4.69, 9.17) is 0 Å². The average Bonchev–Trinajstić information content (AvgIpc) is 1.89. The maximum Gasteiger partial charge on any atom is 0.0602 e. The standard InChI is InChI=1S/C8H14O/c1-2-7-5-3-4-6-8(7)9/h2,7-9H,1,3-6H2/t7-,8-/m1/s1. The molecular weight excluding hydrogens is 112 g/mol. The first kappa shape index (κ1) is 6.81. The molecule has 1 N–H and O–H groups in total. The topological polar surface area (TPSA) is 20.2 Å². The lowest BCUT2D eigenvalue weighted by Crippen LogP contribution is -2.22. The first-order valence-electron chi connectivity index (χ1n) is 3.65. The van der Waals surface area contributed by atoms with Crippen molar-refractivity contribution in [2.75, 3.05) is 0 Å². The number of hydrogen-bond donors (Lipinski definition) is 1. The molecule has 1 heteroatoms. The van der Waals surface area contributed by atoms with E-state index in [0.29, 0.717) is 5.92 Å². The molecule has 9 heavy (non-hydrogen) atoms. The summed E-state index contributed by atoms with van der Waals surface area (Å²) in [5.41, 5.74) is 0. The Morgan fingerprint density at radius 1 is 1.33 bits per heavy atom. The van der Waals surface area contributed by atoms with Gasteiger partial charge in [0.1, 0.15) is 0 Å². The Morgan fingerprint density at radius 3 is 2.44 bits per heavy atom. The molecule has 2 atom stereocenters. The number of rotatable bonds is 1. The first-order valence-corrected chi connectivity index (χ1v) is 3.65. The molecule has 0 unspecified atom stereocenters. The molecule has 0 amide bonds. The van der Waals surface area contributed by atoms with Crippen molar-refractivity contribution < 1.29 is 5.11 Å². The zero-order valence-corrected chi connectivity index (χ0v) is 5.71. The van der Waals surface area contributed by atoms with Gasteiger partial charge in [-0.15, -0.1) is 6.58 Å². The fourth-order valence-electron chi connectivity index (χ4n) is 1.41. The molecule has 0 aromatic carbocycles. The van der Waals surface area contributed by atoms with Crippen LogP contribution >= 0.6 is 0 Å². The van der Waals surface area contributed by atoms with Crippen LogP contribution in [0, 0.1) is 5.92 Å². The summed E-state index contributed by atoms with van der Waals surface area (Å²) in [7, 11) is 0. The summed E-state index contributed by atoms with van der Waals surface area (Å²) in [6.07, 6.45) is 6.32. The third-order valence-corrected chi connectivity index (χ3v) is 2.08. The molecular formula is C8H14O. The molecule has 0 heterocycles. The predicted octanol–water partition coefficient (Wildman–Crippen LogP) is 1.72. The molecule has 0 aromatic rings. The molecule has 0 aliphatic heterocycles. The zero-order chi connectivity index (χ0) is 6.69. The van der Waals surface area contributed by atoms with Gasteiger partial charge in [-0.25, -0.2) is 0 Å². The van der Waals surface area contributed by atoms with Crippen LogP contribution in [-0.2, 0) is 0 Å². The van der Waals surface area contributed by atoms with Gasteiger partial charge in [0, 0.05) is 5.92 Å². The van der Waals surface area contributed by atoms with Crippen molar-refractivity contribution in [1.29, 1.82) is 0 Å². The SMILES string of the molecule is C=C[C@@H]1CCCC[C@H]1O. The van der Waals surface area contributed by atoms with Gasteiger partial charge < -0.3 is 5.11 Å². The summed E-state index contributed by atoms with van der Waals surface area (Å²) >= 11 is 0. The number of aliphatic hydroxyl groups is 1. The fraction of sp³-hybridized carbons (Fsp3) is 0.750. The Hall–Kier alpha value is -0.300. The predicted molar refractivity (Wildman–Crippen MR) is 38.2 cm³/mol. The van der Waals surface area contributed by atoms with Crippen molar-refractivity contribution in [3.63, 3.8) is 0 Å². The van der Waals surface area contributed by atoms with E-state index in [2.05, 4.69) is 6.58 Å². The lowest BCUT2D eigenvalue weighted by molar-refractivity contribution is 0.0929. The summed E-state index contributed by atoms with van der Waals surface area (Å²) in [6, 6.07) is 0. The van der Waals surface area contributed by atoms with Crippen LogP contribution in [0.4, 0.5) is 0 Å². The molecule has 0 aromatic heterocycles. The maximum absolute atomic E-state index is 9.30. The summed E-state index contributed by atoms with van der Waals surface area (Å²) < 4.78 is 0. The van der Waals surface area contributed by atoms with Gasteiger partial charge in [-0.2, -0.15) is 0 Å². The van der Waals surface area contributed by atoms with Gasteiger partial charge in [-0.05, 0) is 12.8 Å². The van der Waals surface area contributed by atoms with Gasteiger partial charge in [-0.3, -0.25) is 0 Å². The van der Waals surface area contributed by atoms with Crippen LogP contribution in [0.5, 0.6) is 0 Å². The molecule has 0 radical (unpaired) electrons. The van der Waals surface area contributed by atoms with E-state index in [0.717, 1.165) is 12.8 Å². The average molecular weight is 126 g/mol. The molecule has 0 saturated heterocycles. The highest BCUT2D eigenvalue weighted by molar-refractivity contribution is 4.87. The minimum Gasteiger partial charge on any atom is -0.393 e. The van der Waals surface area contributed by atoms with E-state index in [1.165, 1.54) is 12.8 Å². The Kier molecular flexibility index (Phi) is 2.29. The Labute approximate surface area is 56.4 Å². The lowest BCUT2D eigenvalue weighted by atomic mass is 9.87. The van der Waals surface area contributed by atoms with Crippen LogP contribution in [0.2, 0.25) is 0 Å². The van der Waals surface area contributed by atoms with E-state index in [9.17, 15) is 5.11 Å². The minimum absolute atomic E-state index is 0.101. The lowest BCUT2D eigenvalue weighted by Gasteiger charge is -2.24. The van der Waals surface area contributed by atoms with Gasteiger partial charge >= 0.3 is 0 Å². The third-order valence-electron chi connectivity index (χ3n) is 2.08. The van der Waals surface area contributed by atoms with Crippen molar-refractivity contribution in [2.24, 2.45) is 5.92 Å². The highest BCUT2D eigenvalue weighted by Gasteiger charge is 2.19. The highest BCUT2D eigenvalue weighted by atomic mass is 16.3. The van der Waals surface area contributed by atoms with Crippen molar-refractivity contribution in [3.05, 3.63) is 12.7 Å². The molecule has 1 aliphatic rings. The summed E-state index contributed by atoms with van der Waals surface area (Å²) in [4.78, 5) is 0. The molecule has 1 aliphatic carbocycles. The largest absolute Gasteiger partial charge is 0.393 e. The van der Waals surface area contributed by atoms with Crippen LogP contribution in [0.25, 0.3) is 0 Å². The van der Waals surface area contributed by atoms with E-state index < -0.39 is 0 Å².